The van der Waals surface area contributed by atoms with Gasteiger partial charge in [-0.25, -0.2) is 9.97 Å². The smallest absolute Gasteiger partial charge is 0.224 e. The molecule has 1 fully saturated rings. The van der Waals surface area contributed by atoms with Crippen LogP contribution >= 0.6 is 11.6 Å². The minimum absolute atomic E-state index is 0.00968. The normalized spacial score (nSPS) is 16.4. The van der Waals surface area contributed by atoms with Crippen molar-refractivity contribution in [3.63, 3.8) is 0 Å². The number of rotatable bonds is 5. The molecule has 1 unspecified atom stereocenters. The average Bonchev–Trinajstić information content (AvgIpc) is 3.19. The zero-order chi connectivity index (χ0) is 17.8. The second-order valence-corrected chi connectivity index (χ2v) is 6.35. The summed E-state index contributed by atoms with van der Waals surface area (Å²) >= 11 is 5.98. The molecule has 4 rings (SSSR count). The Hall–Kier alpha value is -2.63. The molecule has 5 nitrogen and oxygen atoms in total. The van der Waals surface area contributed by atoms with Gasteiger partial charge in [-0.1, -0.05) is 18.2 Å². The Morgan fingerprint density at radius 2 is 1.81 bits per heavy atom. The van der Waals surface area contributed by atoms with Crippen LogP contribution in [0.15, 0.2) is 60.8 Å². The molecule has 0 radical (unpaired) electrons. The van der Waals surface area contributed by atoms with Crippen LogP contribution in [-0.2, 0) is 4.74 Å². The highest BCUT2D eigenvalue weighted by Gasteiger charge is 2.22. The third-order valence-electron chi connectivity index (χ3n) is 4.16. The molecule has 26 heavy (non-hydrogen) atoms. The number of hydrogen-bond donors (Lipinski definition) is 1. The van der Waals surface area contributed by atoms with E-state index in [0.717, 1.165) is 42.2 Å². The fourth-order valence-corrected chi connectivity index (χ4v) is 3.03. The second kappa shape index (κ2) is 7.72. The molecule has 1 aliphatic rings. The molecule has 2 heterocycles. The maximum atomic E-state index is 5.98. The van der Waals surface area contributed by atoms with Crippen LogP contribution in [0.4, 0.5) is 11.5 Å². The molecule has 0 aliphatic carbocycles. The predicted molar refractivity (Wildman–Crippen MR) is 101 cm³/mol. The third kappa shape index (κ3) is 3.95. The van der Waals surface area contributed by atoms with Crippen LogP contribution < -0.4 is 10.1 Å². The monoisotopic (exact) mass is 367 g/mol. The summed E-state index contributed by atoms with van der Waals surface area (Å²) < 4.78 is 11.6. The van der Waals surface area contributed by atoms with E-state index in [9.17, 15) is 0 Å². The molecule has 1 aromatic heterocycles. The molecule has 1 aliphatic heterocycles. The number of nitrogens with one attached hydrogen (secondary N) is 1. The summed E-state index contributed by atoms with van der Waals surface area (Å²) in [6.07, 6.45) is 3.75. The molecule has 6 heteroatoms. The van der Waals surface area contributed by atoms with E-state index < -0.39 is 0 Å². The van der Waals surface area contributed by atoms with Gasteiger partial charge < -0.3 is 14.8 Å². The number of anilines is 2. The zero-order valence-corrected chi connectivity index (χ0v) is 14.8. The molecule has 0 saturated carbocycles. The molecule has 2 aromatic carbocycles. The number of ether oxygens (including phenoxy) is 2. The number of halogens is 1. The number of aromatic nitrogens is 2. The molecular formula is C20H18ClN3O2. The van der Waals surface area contributed by atoms with E-state index in [1.807, 2.05) is 54.6 Å². The van der Waals surface area contributed by atoms with Gasteiger partial charge in [-0.15, -0.1) is 0 Å². The summed E-state index contributed by atoms with van der Waals surface area (Å²) in [6.45, 7) is 0.762. The van der Waals surface area contributed by atoms with Crippen LogP contribution in [0.25, 0.3) is 0 Å². The maximum absolute atomic E-state index is 5.98. The lowest BCUT2D eigenvalue weighted by molar-refractivity contribution is 0.112. The largest absolute Gasteiger partial charge is 0.457 e. The van der Waals surface area contributed by atoms with Crippen LogP contribution in [0.1, 0.15) is 24.5 Å². The molecule has 132 valence electrons. The van der Waals surface area contributed by atoms with Gasteiger partial charge in [-0.2, -0.15) is 0 Å². The summed E-state index contributed by atoms with van der Waals surface area (Å²) in [5, 5.41) is 3.52. The molecular weight excluding hydrogens is 350 g/mol. The first-order valence-electron chi connectivity index (χ1n) is 8.52. The number of nitrogens with zero attached hydrogens (tertiary/aromatic N) is 2. The summed E-state index contributed by atoms with van der Waals surface area (Å²) in [4.78, 5) is 8.44. The Balaban J connectivity index is 1.51. The van der Waals surface area contributed by atoms with Crippen LogP contribution in [0.2, 0.25) is 5.28 Å². The fourth-order valence-electron chi connectivity index (χ4n) is 2.90. The van der Waals surface area contributed by atoms with Crippen molar-refractivity contribution in [3.05, 3.63) is 71.6 Å². The third-order valence-corrected chi connectivity index (χ3v) is 4.34. The van der Waals surface area contributed by atoms with E-state index in [0.29, 0.717) is 5.82 Å². The Labute approximate surface area is 157 Å². The van der Waals surface area contributed by atoms with Crippen molar-refractivity contribution in [2.24, 2.45) is 0 Å². The van der Waals surface area contributed by atoms with Gasteiger partial charge in [0, 0.05) is 24.1 Å². The van der Waals surface area contributed by atoms with Crippen LogP contribution in [0.3, 0.4) is 0 Å². The quantitative estimate of drug-likeness (QED) is 0.602. The zero-order valence-electron chi connectivity index (χ0n) is 14.1. The van der Waals surface area contributed by atoms with Gasteiger partial charge in [0.15, 0.2) is 0 Å². The minimum Gasteiger partial charge on any atom is -0.457 e. The second-order valence-electron chi connectivity index (χ2n) is 6.01. The summed E-state index contributed by atoms with van der Waals surface area (Å²) in [5.41, 5.74) is 1.82. The highest BCUT2D eigenvalue weighted by molar-refractivity contribution is 6.28. The summed E-state index contributed by atoms with van der Waals surface area (Å²) in [6, 6.07) is 17.4. The molecule has 3 aromatic rings. The first-order valence-corrected chi connectivity index (χ1v) is 8.90. The number of para-hydroxylation sites is 1. The standard InChI is InChI=1S/C20H18ClN3O2/c21-20-22-13-17(18-7-4-12-25-18)19(24-20)23-14-8-10-16(11-9-14)26-15-5-2-1-3-6-15/h1-3,5-6,8-11,13,18H,4,7,12H2,(H,22,23,24). The summed E-state index contributed by atoms with van der Waals surface area (Å²) in [5.74, 6) is 2.24. The van der Waals surface area contributed by atoms with Crippen LogP contribution in [0, 0.1) is 0 Å². The molecule has 1 N–H and O–H groups in total. The maximum Gasteiger partial charge on any atom is 0.224 e. The first kappa shape index (κ1) is 16.8. The van der Waals surface area contributed by atoms with Gasteiger partial charge in [-0.05, 0) is 60.8 Å². The molecule has 0 amide bonds. The predicted octanol–water partition coefficient (Wildman–Crippen LogP) is 5.52. The van der Waals surface area contributed by atoms with E-state index in [-0.39, 0.29) is 11.4 Å². The molecule has 1 atom stereocenters. The Bertz CT molecular complexity index is 866. The van der Waals surface area contributed by atoms with Gasteiger partial charge in [0.05, 0.1) is 6.10 Å². The Kier molecular flexibility index (Phi) is 5.00. The number of benzene rings is 2. The highest BCUT2D eigenvalue weighted by atomic mass is 35.5. The Morgan fingerprint density at radius 1 is 1.04 bits per heavy atom. The van der Waals surface area contributed by atoms with Gasteiger partial charge >= 0.3 is 0 Å². The lowest BCUT2D eigenvalue weighted by Gasteiger charge is -2.15. The lowest BCUT2D eigenvalue weighted by Crippen LogP contribution is -2.05. The molecule has 0 spiro atoms. The fraction of sp³-hybridized carbons (Fsp3) is 0.200. The van der Waals surface area contributed by atoms with Crippen molar-refractivity contribution in [1.82, 2.24) is 9.97 Å². The van der Waals surface area contributed by atoms with Gasteiger partial charge in [0.1, 0.15) is 17.3 Å². The van der Waals surface area contributed by atoms with Gasteiger partial charge in [0.25, 0.3) is 0 Å². The SMILES string of the molecule is Clc1ncc(C2CCCO2)c(Nc2ccc(Oc3ccccc3)cc2)n1. The summed E-state index contributed by atoms with van der Waals surface area (Å²) in [7, 11) is 0. The van der Waals surface area contributed by atoms with Gasteiger partial charge in [-0.3, -0.25) is 0 Å². The van der Waals surface area contributed by atoms with Gasteiger partial charge in [0.2, 0.25) is 5.28 Å². The molecule has 0 bridgehead atoms. The minimum atomic E-state index is 0.00968. The van der Waals surface area contributed by atoms with Crippen molar-refractivity contribution in [2.45, 2.75) is 18.9 Å². The number of hydrogen-bond acceptors (Lipinski definition) is 5. The van der Waals surface area contributed by atoms with E-state index >= 15 is 0 Å². The van der Waals surface area contributed by atoms with E-state index in [2.05, 4.69) is 15.3 Å². The van der Waals surface area contributed by atoms with E-state index in [1.54, 1.807) is 6.20 Å². The van der Waals surface area contributed by atoms with Crippen molar-refractivity contribution < 1.29 is 9.47 Å². The first-order chi connectivity index (χ1) is 12.8. The van der Waals surface area contributed by atoms with Crippen molar-refractivity contribution >= 4 is 23.1 Å². The van der Waals surface area contributed by atoms with Crippen LogP contribution in [0.5, 0.6) is 11.5 Å². The topological polar surface area (TPSA) is 56.3 Å². The van der Waals surface area contributed by atoms with Crippen molar-refractivity contribution in [1.29, 1.82) is 0 Å². The van der Waals surface area contributed by atoms with Crippen molar-refractivity contribution in [3.8, 4) is 11.5 Å². The van der Waals surface area contributed by atoms with Crippen molar-refractivity contribution in [2.75, 3.05) is 11.9 Å². The molecule has 1 saturated heterocycles. The van der Waals surface area contributed by atoms with Crippen LogP contribution in [-0.4, -0.2) is 16.6 Å². The highest BCUT2D eigenvalue weighted by Crippen LogP contribution is 2.34. The average molecular weight is 368 g/mol. The van der Waals surface area contributed by atoms with E-state index in [1.165, 1.54) is 0 Å². The van der Waals surface area contributed by atoms with E-state index in [4.69, 9.17) is 21.1 Å². The lowest BCUT2D eigenvalue weighted by atomic mass is 10.1. The Morgan fingerprint density at radius 3 is 2.54 bits per heavy atom.